The normalized spacial score (nSPS) is 15.2. The van der Waals surface area contributed by atoms with Crippen molar-refractivity contribution in [1.29, 1.82) is 0 Å². The summed E-state index contributed by atoms with van der Waals surface area (Å²) in [6, 6.07) is -2.65. The first-order valence-corrected chi connectivity index (χ1v) is 7.25. The molecule has 0 unspecified atom stereocenters. The third-order valence-corrected chi connectivity index (χ3v) is 3.32. The fraction of sp³-hybridized carbons (Fsp3) is 0.667. The first kappa shape index (κ1) is 18.4. The van der Waals surface area contributed by atoms with E-state index in [0.717, 1.165) is 0 Å². The van der Waals surface area contributed by atoms with E-state index < -0.39 is 35.8 Å². The molecule has 0 aromatic rings. The van der Waals surface area contributed by atoms with Crippen LogP contribution in [0.1, 0.15) is 0 Å². The van der Waals surface area contributed by atoms with Gasteiger partial charge in [-0.25, -0.2) is 0 Å². The summed E-state index contributed by atoms with van der Waals surface area (Å²) in [6.45, 7) is 0. The van der Waals surface area contributed by atoms with Gasteiger partial charge in [0.15, 0.2) is 0 Å². The van der Waals surface area contributed by atoms with Crippen molar-refractivity contribution in [2.45, 2.75) is 18.1 Å². The van der Waals surface area contributed by atoms with Crippen LogP contribution in [0.5, 0.6) is 0 Å². The summed E-state index contributed by atoms with van der Waals surface area (Å²) in [5, 5.41) is 4.77. The van der Waals surface area contributed by atoms with Crippen molar-refractivity contribution >= 4 is 55.6 Å². The zero-order chi connectivity index (χ0) is 15.0. The molecule has 0 aromatic heterocycles. The Bertz CT molecular complexity index is 343. The van der Waals surface area contributed by atoms with Crippen LogP contribution in [-0.2, 0) is 14.4 Å². The van der Waals surface area contributed by atoms with Gasteiger partial charge in [-0.1, -0.05) is 0 Å². The topological polar surface area (TPSA) is 127 Å². The highest BCUT2D eigenvalue weighted by Crippen LogP contribution is 1.95. The lowest BCUT2D eigenvalue weighted by Gasteiger charge is -2.20. The lowest BCUT2D eigenvalue weighted by atomic mass is 10.2. The molecule has 0 aliphatic rings. The second kappa shape index (κ2) is 9.34. The highest BCUT2D eigenvalue weighted by Gasteiger charge is 2.25. The van der Waals surface area contributed by atoms with Gasteiger partial charge >= 0.3 is 0 Å². The molecule has 0 aliphatic heterocycles. The van der Waals surface area contributed by atoms with E-state index in [9.17, 15) is 14.4 Å². The second-order valence-corrected chi connectivity index (χ2v) is 4.77. The van der Waals surface area contributed by atoms with E-state index in [1.165, 1.54) is 0 Å². The van der Waals surface area contributed by atoms with Gasteiger partial charge in [0, 0.05) is 17.3 Å². The standard InChI is InChI=1S/C9H18N4O3S3/c10-4(1-17)8(15)13-6(3-19)9(16)12-5(2-18)7(11)14/h4-6,17-19H,1-3,10H2,(H2,11,14)(H,12,16)(H,13,15)/t4-,5-,6-/m0/s1. The number of carbonyl (C=O) groups excluding carboxylic acids is 3. The van der Waals surface area contributed by atoms with E-state index >= 15 is 0 Å². The SMILES string of the molecule is NC(=O)[C@H](CS)NC(=O)[C@H](CS)NC(=O)[C@@H](N)CS. The van der Waals surface area contributed by atoms with Crippen molar-refractivity contribution in [1.82, 2.24) is 10.6 Å². The summed E-state index contributed by atoms with van der Waals surface area (Å²) in [5.41, 5.74) is 10.5. The molecule has 19 heavy (non-hydrogen) atoms. The van der Waals surface area contributed by atoms with Crippen molar-refractivity contribution in [3.63, 3.8) is 0 Å². The minimum absolute atomic E-state index is 0.0505. The lowest BCUT2D eigenvalue weighted by Crippen LogP contribution is -2.56. The monoisotopic (exact) mass is 326 g/mol. The van der Waals surface area contributed by atoms with Crippen molar-refractivity contribution in [2.75, 3.05) is 17.3 Å². The van der Waals surface area contributed by atoms with Crippen molar-refractivity contribution in [2.24, 2.45) is 11.5 Å². The molecule has 0 saturated carbocycles. The minimum atomic E-state index is -0.913. The van der Waals surface area contributed by atoms with Gasteiger partial charge in [0.1, 0.15) is 12.1 Å². The Morgan fingerprint density at radius 1 is 0.895 bits per heavy atom. The molecule has 0 aromatic carbocycles. The summed E-state index contributed by atoms with van der Waals surface area (Å²) in [5.74, 6) is -1.55. The Morgan fingerprint density at radius 3 is 1.74 bits per heavy atom. The number of thiol groups is 3. The van der Waals surface area contributed by atoms with Gasteiger partial charge in [-0.3, -0.25) is 14.4 Å². The number of rotatable bonds is 8. The van der Waals surface area contributed by atoms with Crippen molar-refractivity contribution in [3.8, 4) is 0 Å². The Balaban J connectivity index is 4.56. The van der Waals surface area contributed by atoms with Crippen LogP contribution in [0.4, 0.5) is 0 Å². The smallest absolute Gasteiger partial charge is 0.244 e. The predicted octanol–water partition coefficient (Wildman–Crippen LogP) is -2.44. The van der Waals surface area contributed by atoms with Crippen LogP contribution in [0.2, 0.25) is 0 Å². The first-order chi connectivity index (χ1) is 8.87. The average molecular weight is 326 g/mol. The van der Waals surface area contributed by atoms with Gasteiger partial charge in [0.2, 0.25) is 17.7 Å². The number of hydrogen-bond donors (Lipinski definition) is 7. The average Bonchev–Trinajstić information content (AvgIpc) is 2.39. The maximum atomic E-state index is 11.8. The van der Waals surface area contributed by atoms with Crippen LogP contribution in [0, 0.1) is 0 Å². The van der Waals surface area contributed by atoms with Gasteiger partial charge in [-0.15, -0.1) is 0 Å². The summed E-state index contributed by atoms with van der Waals surface area (Å²) in [7, 11) is 0. The maximum Gasteiger partial charge on any atom is 0.244 e. The Kier molecular flexibility index (Phi) is 9.06. The van der Waals surface area contributed by atoms with Crippen LogP contribution in [0.15, 0.2) is 0 Å². The highest BCUT2D eigenvalue weighted by molar-refractivity contribution is 7.80. The van der Waals surface area contributed by atoms with Gasteiger partial charge < -0.3 is 22.1 Å². The number of amides is 3. The van der Waals surface area contributed by atoms with E-state index in [4.69, 9.17) is 11.5 Å². The fourth-order valence-electron chi connectivity index (χ4n) is 1.03. The van der Waals surface area contributed by atoms with E-state index in [2.05, 4.69) is 48.5 Å². The molecular weight excluding hydrogens is 308 g/mol. The molecular formula is C9H18N4O3S3. The van der Waals surface area contributed by atoms with E-state index in [-0.39, 0.29) is 17.3 Å². The zero-order valence-corrected chi connectivity index (χ0v) is 12.8. The molecule has 7 nitrogen and oxygen atoms in total. The number of nitrogens with one attached hydrogen (secondary N) is 2. The zero-order valence-electron chi connectivity index (χ0n) is 10.1. The molecule has 0 radical (unpaired) electrons. The van der Waals surface area contributed by atoms with Crippen molar-refractivity contribution < 1.29 is 14.4 Å². The van der Waals surface area contributed by atoms with Crippen LogP contribution >= 0.6 is 37.9 Å². The quantitative estimate of drug-likeness (QED) is 0.250. The number of carbonyl (C=O) groups is 3. The molecule has 0 aliphatic carbocycles. The molecule has 0 heterocycles. The van der Waals surface area contributed by atoms with Crippen LogP contribution in [0.25, 0.3) is 0 Å². The second-order valence-electron chi connectivity index (χ2n) is 3.68. The molecule has 3 atom stereocenters. The van der Waals surface area contributed by atoms with Crippen LogP contribution in [0.3, 0.4) is 0 Å². The van der Waals surface area contributed by atoms with Crippen LogP contribution < -0.4 is 22.1 Å². The van der Waals surface area contributed by atoms with E-state index in [1.807, 2.05) is 0 Å². The van der Waals surface area contributed by atoms with Gasteiger partial charge in [-0.05, 0) is 0 Å². The molecule has 10 heteroatoms. The summed E-state index contributed by atoms with van der Waals surface area (Å²) in [6.07, 6.45) is 0. The van der Waals surface area contributed by atoms with Gasteiger partial charge in [-0.2, -0.15) is 37.9 Å². The predicted molar refractivity (Wildman–Crippen MR) is 82.6 cm³/mol. The van der Waals surface area contributed by atoms with Gasteiger partial charge in [0.05, 0.1) is 6.04 Å². The molecule has 6 N–H and O–H groups in total. The molecule has 0 bridgehead atoms. The Labute approximate surface area is 127 Å². The maximum absolute atomic E-state index is 11.8. The third-order valence-electron chi connectivity index (χ3n) is 2.19. The molecule has 0 fully saturated rings. The van der Waals surface area contributed by atoms with E-state index in [0.29, 0.717) is 0 Å². The third kappa shape index (κ3) is 6.41. The molecule has 3 amide bonds. The summed E-state index contributed by atoms with van der Waals surface area (Å²) in [4.78, 5) is 34.3. The fourth-order valence-corrected chi connectivity index (χ4v) is 1.73. The molecule has 110 valence electrons. The number of primary amides is 1. The van der Waals surface area contributed by atoms with Crippen molar-refractivity contribution in [3.05, 3.63) is 0 Å². The van der Waals surface area contributed by atoms with Crippen LogP contribution in [-0.4, -0.2) is 53.1 Å². The lowest BCUT2D eigenvalue weighted by molar-refractivity contribution is -0.130. The number of hydrogen-bond acceptors (Lipinski definition) is 7. The number of nitrogens with two attached hydrogens (primary N) is 2. The van der Waals surface area contributed by atoms with E-state index in [1.54, 1.807) is 0 Å². The molecule has 0 spiro atoms. The Hall–Kier alpha value is -0.580. The summed E-state index contributed by atoms with van der Waals surface area (Å²) < 4.78 is 0. The first-order valence-electron chi connectivity index (χ1n) is 5.35. The highest BCUT2D eigenvalue weighted by atomic mass is 32.1. The largest absolute Gasteiger partial charge is 0.368 e. The molecule has 0 rings (SSSR count). The minimum Gasteiger partial charge on any atom is -0.368 e. The summed E-state index contributed by atoms with van der Waals surface area (Å²) >= 11 is 11.7. The molecule has 0 saturated heterocycles. The Morgan fingerprint density at radius 2 is 1.37 bits per heavy atom. The van der Waals surface area contributed by atoms with Gasteiger partial charge in [0.25, 0.3) is 0 Å².